The van der Waals surface area contributed by atoms with E-state index in [0.717, 1.165) is 0 Å². The first-order valence-corrected chi connectivity index (χ1v) is 5.80. The van der Waals surface area contributed by atoms with E-state index in [9.17, 15) is 19.2 Å². The number of nitrogens with one attached hydrogen (secondary N) is 1. The van der Waals surface area contributed by atoms with Crippen LogP contribution in [0.5, 0.6) is 0 Å². The summed E-state index contributed by atoms with van der Waals surface area (Å²) in [5, 5.41) is 2.64. The molecule has 0 saturated heterocycles. The smallest absolute Gasteiger partial charge is 0.160 e. The van der Waals surface area contributed by atoms with Gasteiger partial charge in [-0.3, -0.25) is 24.5 Å². The van der Waals surface area contributed by atoms with Gasteiger partial charge in [0.2, 0.25) is 0 Å². The third-order valence-electron chi connectivity index (χ3n) is 3.53. The SMILES string of the molecule is CC1CC(=O)C(NC2C(=O)CC(C)C2=O)C1=O. The van der Waals surface area contributed by atoms with Crippen LogP contribution in [0, 0.1) is 11.8 Å². The molecule has 2 saturated carbocycles. The van der Waals surface area contributed by atoms with E-state index in [1.165, 1.54) is 0 Å². The van der Waals surface area contributed by atoms with Crippen LogP contribution < -0.4 is 5.32 Å². The Morgan fingerprint density at radius 1 is 0.824 bits per heavy atom. The number of Topliss-reactive ketones (excluding diaryl/α,β-unsaturated/α-hetero) is 4. The summed E-state index contributed by atoms with van der Waals surface area (Å²) in [7, 11) is 0. The summed E-state index contributed by atoms with van der Waals surface area (Å²) >= 11 is 0. The van der Waals surface area contributed by atoms with Gasteiger partial charge >= 0.3 is 0 Å². The molecule has 2 aliphatic carbocycles. The highest BCUT2D eigenvalue weighted by Gasteiger charge is 2.45. The molecule has 0 aromatic carbocycles. The summed E-state index contributed by atoms with van der Waals surface area (Å²) < 4.78 is 0. The van der Waals surface area contributed by atoms with Gasteiger partial charge in [-0.25, -0.2) is 0 Å². The van der Waals surface area contributed by atoms with Crippen LogP contribution in [0.1, 0.15) is 26.7 Å². The molecule has 17 heavy (non-hydrogen) atoms. The molecule has 0 aromatic heterocycles. The lowest BCUT2D eigenvalue weighted by Gasteiger charge is -2.14. The van der Waals surface area contributed by atoms with Crippen molar-refractivity contribution in [3.8, 4) is 0 Å². The van der Waals surface area contributed by atoms with E-state index in [2.05, 4.69) is 5.32 Å². The van der Waals surface area contributed by atoms with E-state index in [4.69, 9.17) is 0 Å². The summed E-state index contributed by atoms with van der Waals surface area (Å²) in [4.78, 5) is 46.5. The van der Waals surface area contributed by atoms with Crippen molar-refractivity contribution in [1.29, 1.82) is 0 Å². The second kappa shape index (κ2) is 4.14. The number of rotatable bonds is 2. The maximum atomic E-state index is 11.7. The zero-order valence-electron chi connectivity index (χ0n) is 9.86. The summed E-state index contributed by atoms with van der Waals surface area (Å²) in [5.41, 5.74) is 0. The van der Waals surface area contributed by atoms with Gasteiger partial charge in [-0.15, -0.1) is 0 Å². The van der Waals surface area contributed by atoms with Gasteiger partial charge in [0.25, 0.3) is 0 Å². The Kier molecular flexibility index (Phi) is 2.95. The second-order valence-corrected chi connectivity index (χ2v) is 4.98. The predicted octanol–water partition coefficient (Wildman–Crippen LogP) is -0.331. The molecule has 5 nitrogen and oxygen atoms in total. The van der Waals surface area contributed by atoms with Crippen molar-refractivity contribution in [2.24, 2.45) is 11.8 Å². The van der Waals surface area contributed by atoms with Gasteiger partial charge in [0, 0.05) is 24.7 Å². The number of carbonyl (C=O) groups is 4. The molecule has 5 heteroatoms. The summed E-state index contributed by atoms with van der Waals surface area (Å²) in [5.74, 6) is -1.50. The van der Waals surface area contributed by atoms with E-state index in [1.54, 1.807) is 13.8 Å². The lowest BCUT2D eigenvalue weighted by Crippen LogP contribution is -2.50. The standard InChI is InChI=1S/C12H15NO4/c1-5-3-7(14)9(11(5)16)13-10-8(15)4-6(2)12(10)17/h5-6,9-10,13H,3-4H2,1-2H3. The molecule has 0 bridgehead atoms. The van der Waals surface area contributed by atoms with Crippen LogP contribution in [0.3, 0.4) is 0 Å². The van der Waals surface area contributed by atoms with Crippen molar-refractivity contribution in [2.75, 3.05) is 0 Å². The number of hydrogen-bond acceptors (Lipinski definition) is 5. The Morgan fingerprint density at radius 2 is 1.18 bits per heavy atom. The highest BCUT2D eigenvalue weighted by atomic mass is 16.2. The number of hydrogen-bond donors (Lipinski definition) is 1. The molecule has 0 spiro atoms. The Morgan fingerprint density at radius 3 is 1.41 bits per heavy atom. The lowest BCUT2D eigenvalue weighted by atomic mass is 10.1. The zero-order valence-corrected chi connectivity index (χ0v) is 9.86. The van der Waals surface area contributed by atoms with Gasteiger partial charge in [-0.2, -0.15) is 0 Å². The first-order chi connectivity index (χ1) is 7.91. The fourth-order valence-electron chi connectivity index (χ4n) is 2.44. The van der Waals surface area contributed by atoms with Gasteiger partial charge in [-0.05, 0) is 0 Å². The first-order valence-electron chi connectivity index (χ1n) is 5.80. The van der Waals surface area contributed by atoms with Crippen molar-refractivity contribution < 1.29 is 19.2 Å². The average molecular weight is 237 g/mol. The van der Waals surface area contributed by atoms with Crippen LogP contribution in [0.15, 0.2) is 0 Å². The maximum Gasteiger partial charge on any atom is 0.160 e. The summed E-state index contributed by atoms with van der Waals surface area (Å²) in [6, 6.07) is -1.93. The average Bonchev–Trinajstić information content (AvgIpc) is 2.62. The molecule has 0 heterocycles. The van der Waals surface area contributed by atoms with Crippen LogP contribution in [0.25, 0.3) is 0 Å². The van der Waals surface area contributed by atoms with Crippen LogP contribution in [0.2, 0.25) is 0 Å². The molecule has 2 fully saturated rings. The monoisotopic (exact) mass is 237 g/mol. The van der Waals surface area contributed by atoms with Gasteiger partial charge < -0.3 is 0 Å². The third-order valence-corrected chi connectivity index (χ3v) is 3.53. The molecule has 92 valence electrons. The van der Waals surface area contributed by atoms with E-state index in [-0.39, 0.29) is 47.8 Å². The minimum Gasteiger partial charge on any atom is -0.297 e. The van der Waals surface area contributed by atoms with E-state index >= 15 is 0 Å². The van der Waals surface area contributed by atoms with Crippen molar-refractivity contribution >= 4 is 23.1 Å². The van der Waals surface area contributed by atoms with E-state index in [0.29, 0.717) is 0 Å². The van der Waals surface area contributed by atoms with Crippen molar-refractivity contribution in [2.45, 2.75) is 38.8 Å². The van der Waals surface area contributed by atoms with E-state index < -0.39 is 12.1 Å². The third kappa shape index (κ3) is 1.95. The molecule has 1 N–H and O–H groups in total. The highest BCUT2D eigenvalue weighted by molar-refractivity contribution is 6.17. The summed E-state index contributed by atoms with van der Waals surface area (Å²) in [6.45, 7) is 3.37. The molecular formula is C12H15NO4. The van der Waals surface area contributed by atoms with Crippen LogP contribution >= 0.6 is 0 Å². The Balaban J connectivity index is 2.12. The molecule has 4 unspecified atom stereocenters. The van der Waals surface area contributed by atoms with Gasteiger partial charge in [0.15, 0.2) is 23.1 Å². The Bertz CT molecular complexity index is 377. The Labute approximate surface area is 98.9 Å². The topological polar surface area (TPSA) is 80.3 Å². The fraction of sp³-hybridized carbons (Fsp3) is 0.667. The van der Waals surface area contributed by atoms with Crippen LogP contribution in [-0.2, 0) is 19.2 Å². The highest BCUT2D eigenvalue weighted by Crippen LogP contribution is 2.22. The molecule has 0 aromatic rings. The van der Waals surface area contributed by atoms with Crippen LogP contribution in [0.4, 0.5) is 0 Å². The zero-order chi connectivity index (χ0) is 12.7. The molecular weight excluding hydrogens is 222 g/mol. The molecule has 4 atom stereocenters. The predicted molar refractivity (Wildman–Crippen MR) is 58.3 cm³/mol. The molecule has 2 aliphatic rings. The maximum absolute atomic E-state index is 11.7. The molecule has 2 rings (SSSR count). The van der Waals surface area contributed by atoms with Gasteiger partial charge in [0.05, 0.1) is 0 Å². The van der Waals surface area contributed by atoms with Crippen molar-refractivity contribution in [3.63, 3.8) is 0 Å². The lowest BCUT2D eigenvalue weighted by molar-refractivity contribution is -0.128. The van der Waals surface area contributed by atoms with Gasteiger partial charge in [-0.1, -0.05) is 13.8 Å². The van der Waals surface area contributed by atoms with Crippen LogP contribution in [-0.4, -0.2) is 35.2 Å². The quantitative estimate of drug-likeness (QED) is 0.665. The molecule has 0 amide bonds. The largest absolute Gasteiger partial charge is 0.297 e. The molecule has 0 radical (unpaired) electrons. The molecule has 0 aliphatic heterocycles. The number of ketones is 4. The normalized spacial score (nSPS) is 38.2. The second-order valence-electron chi connectivity index (χ2n) is 4.98. The first kappa shape index (κ1) is 12.1. The van der Waals surface area contributed by atoms with Crippen molar-refractivity contribution in [1.82, 2.24) is 5.32 Å². The summed E-state index contributed by atoms with van der Waals surface area (Å²) in [6.07, 6.45) is 0.391. The van der Waals surface area contributed by atoms with Gasteiger partial charge in [0.1, 0.15) is 12.1 Å². The fourth-order valence-corrected chi connectivity index (χ4v) is 2.44. The minimum absolute atomic E-state index is 0.196. The van der Waals surface area contributed by atoms with E-state index in [1.807, 2.05) is 0 Å². The van der Waals surface area contributed by atoms with Crippen molar-refractivity contribution in [3.05, 3.63) is 0 Å². The minimum atomic E-state index is -0.965. The Hall–Kier alpha value is -1.36. The number of carbonyl (C=O) groups excluding carboxylic acids is 4.